The highest BCUT2D eigenvalue weighted by molar-refractivity contribution is 5.84. The monoisotopic (exact) mass is 433 g/mol. The Balaban J connectivity index is 0.00000218. The maximum Gasteiger partial charge on any atom is 0.391 e. The molecule has 1 heterocycles. The van der Waals surface area contributed by atoms with Crippen LogP contribution in [0.3, 0.4) is 0 Å². The zero-order valence-corrected chi connectivity index (χ0v) is 16.9. The molecule has 1 amide bonds. The first kappa shape index (κ1) is 26.0. The van der Waals surface area contributed by atoms with E-state index in [9.17, 15) is 27.9 Å². The van der Waals surface area contributed by atoms with Crippen LogP contribution in [0.25, 0.3) is 0 Å². The van der Waals surface area contributed by atoms with Crippen molar-refractivity contribution in [2.45, 2.75) is 43.6 Å². The number of amides is 1. The number of benzene rings is 1. The Labute approximate surface area is 174 Å². The molecule has 170 valence electrons. The number of rotatable bonds is 8. The second-order valence-corrected chi connectivity index (χ2v) is 7.17. The second kappa shape index (κ2) is 12.6. The highest BCUT2D eigenvalue weighted by atomic mass is 19.4. The number of carbonyl (C=O) groups excluding carboxylic acids is 2. The molecule has 10 heteroatoms. The molecule has 0 bridgehead atoms. The number of likely N-dealkylation sites (tertiary alicyclic amines) is 1. The van der Waals surface area contributed by atoms with E-state index in [-0.39, 0.29) is 38.9 Å². The van der Waals surface area contributed by atoms with Gasteiger partial charge in [0.25, 0.3) is 5.91 Å². The molecule has 3 atom stereocenters. The van der Waals surface area contributed by atoms with Crippen molar-refractivity contribution in [3.63, 3.8) is 0 Å². The Kier molecular flexibility index (Phi) is 11.0. The summed E-state index contributed by atoms with van der Waals surface area (Å²) in [7, 11) is 1.00. The van der Waals surface area contributed by atoms with E-state index in [1.54, 1.807) is 4.90 Å². The van der Waals surface area contributed by atoms with E-state index in [0.29, 0.717) is 6.29 Å². The molecule has 1 saturated heterocycles. The molecular weight excluding hydrogens is 403 g/mol. The first-order chi connectivity index (χ1) is 14.2. The van der Waals surface area contributed by atoms with Crippen LogP contribution in [0, 0.1) is 5.92 Å². The van der Waals surface area contributed by atoms with Gasteiger partial charge in [-0.15, -0.1) is 0 Å². The highest BCUT2D eigenvalue weighted by Crippen LogP contribution is 2.33. The van der Waals surface area contributed by atoms with Crippen molar-refractivity contribution in [3.8, 4) is 0 Å². The third-order valence-electron chi connectivity index (χ3n) is 4.99. The summed E-state index contributed by atoms with van der Waals surface area (Å²) in [6.45, 7) is 0.487. The van der Waals surface area contributed by atoms with Crippen LogP contribution in [0.5, 0.6) is 0 Å². The fourth-order valence-corrected chi connectivity index (χ4v) is 3.30. The topological polar surface area (TPSA) is 116 Å². The number of carbonyl (C=O) groups is 2. The van der Waals surface area contributed by atoms with Gasteiger partial charge in [0.05, 0.1) is 12.0 Å². The number of halogens is 3. The van der Waals surface area contributed by atoms with Crippen molar-refractivity contribution >= 4 is 12.2 Å². The van der Waals surface area contributed by atoms with Crippen molar-refractivity contribution in [2.24, 2.45) is 11.7 Å². The number of nitrogens with zero attached hydrogens (tertiary/aromatic N) is 1. The molecule has 1 aliphatic rings. The molecule has 1 aromatic rings. The van der Waals surface area contributed by atoms with Crippen molar-refractivity contribution in [1.82, 2.24) is 10.2 Å². The Morgan fingerprint density at radius 1 is 1.27 bits per heavy atom. The van der Waals surface area contributed by atoms with Gasteiger partial charge < -0.3 is 31.0 Å². The SMILES string of the molecule is CO.NC(Cc1ccccc1)C(O)C(=O)N[C@H](C=O)CN1CCC(C(F)(F)F)CC1. The first-order valence-electron chi connectivity index (χ1n) is 9.67. The summed E-state index contributed by atoms with van der Waals surface area (Å²) < 4.78 is 38.2. The predicted octanol–water partition coefficient (Wildman–Crippen LogP) is 0.484. The van der Waals surface area contributed by atoms with Crippen molar-refractivity contribution in [1.29, 1.82) is 0 Å². The molecule has 1 aromatic carbocycles. The summed E-state index contributed by atoms with van der Waals surface area (Å²) in [4.78, 5) is 25.2. The van der Waals surface area contributed by atoms with Crippen LogP contribution in [-0.4, -0.2) is 78.4 Å². The molecule has 1 fully saturated rings. The van der Waals surface area contributed by atoms with Gasteiger partial charge in [0.2, 0.25) is 0 Å². The number of nitrogens with one attached hydrogen (secondary N) is 1. The minimum atomic E-state index is -4.20. The number of alkyl halides is 3. The molecule has 0 spiro atoms. The maximum absolute atomic E-state index is 12.7. The fourth-order valence-electron chi connectivity index (χ4n) is 3.30. The number of aliphatic hydroxyl groups is 2. The summed E-state index contributed by atoms with van der Waals surface area (Å²) in [6.07, 6.45) is -4.97. The lowest BCUT2D eigenvalue weighted by atomic mass is 9.96. The first-order valence-corrected chi connectivity index (χ1v) is 9.67. The zero-order valence-electron chi connectivity index (χ0n) is 16.9. The Bertz CT molecular complexity index is 638. The van der Waals surface area contributed by atoms with E-state index in [1.807, 2.05) is 30.3 Å². The van der Waals surface area contributed by atoms with E-state index < -0.39 is 36.2 Å². The van der Waals surface area contributed by atoms with Gasteiger partial charge in [0, 0.05) is 19.7 Å². The Morgan fingerprint density at radius 3 is 2.33 bits per heavy atom. The molecular formula is C20H30F3N3O4. The summed E-state index contributed by atoms with van der Waals surface area (Å²) in [5, 5.41) is 19.6. The van der Waals surface area contributed by atoms with Crippen LogP contribution >= 0.6 is 0 Å². The molecule has 5 N–H and O–H groups in total. The molecule has 0 aromatic heterocycles. The molecule has 0 saturated carbocycles. The number of aldehydes is 1. The molecule has 7 nitrogen and oxygen atoms in total. The third kappa shape index (κ3) is 8.39. The largest absolute Gasteiger partial charge is 0.400 e. The van der Waals surface area contributed by atoms with Gasteiger partial charge in [0.15, 0.2) is 0 Å². The standard InChI is InChI=1S/C19H26F3N3O3.CH4O/c20-19(21,22)14-6-8-25(9-7-14)11-15(12-26)24-18(28)17(27)16(23)10-13-4-2-1-3-5-13;1-2/h1-5,12,14-17,27H,6-11,23H2,(H,24,28);2H,1H3/t15-,16?,17?;/m0./s1. The second-order valence-electron chi connectivity index (χ2n) is 7.17. The maximum atomic E-state index is 12.7. The minimum Gasteiger partial charge on any atom is -0.400 e. The van der Waals surface area contributed by atoms with Gasteiger partial charge in [-0.05, 0) is 37.9 Å². The minimum absolute atomic E-state index is 0.0341. The van der Waals surface area contributed by atoms with Crippen LogP contribution in [0.1, 0.15) is 18.4 Å². The lowest BCUT2D eigenvalue weighted by Gasteiger charge is -2.34. The molecule has 0 aliphatic carbocycles. The van der Waals surface area contributed by atoms with E-state index in [2.05, 4.69) is 5.32 Å². The van der Waals surface area contributed by atoms with E-state index in [4.69, 9.17) is 10.8 Å². The highest BCUT2D eigenvalue weighted by Gasteiger charge is 2.41. The van der Waals surface area contributed by atoms with Crippen LogP contribution in [0.15, 0.2) is 30.3 Å². The number of nitrogens with two attached hydrogens (primary N) is 1. The third-order valence-corrected chi connectivity index (χ3v) is 4.99. The van der Waals surface area contributed by atoms with E-state index >= 15 is 0 Å². The van der Waals surface area contributed by atoms with Gasteiger partial charge in [-0.25, -0.2) is 0 Å². The quantitative estimate of drug-likeness (QED) is 0.444. The van der Waals surface area contributed by atoms with Gasteiger partial charge in [0.1, 0.15) is 12.4 Å². The molecule has 2 rings (SSSR count). The summed E-state index contributed by atoms with van der Waals surface area (Å²) >= 11 is 0. The van der Waals surface area contributed by atoms with E-state index in [1.165, 1.54) is 0 Å². The predicted molar refractivity (Wildman–Crippen MR) is 105 cm³/mol. The summed E-state index contributed by atoms with van der Waals surface area (Å²) in [5.41, 5.74) is 6.75. The number of hydrogen-bond donors (Lipinski definition) is 4. The lowest BCUT2D eigenvalue weighted by Crippen LogP contribution is -2.53. The van der Waals surface area contributed by atoms with Gasteiger partial charge in [-0.1, -0.05) is 30.3 Å². The van der Waals surface area contributed by atoms with Crippen LogP contribution < -0.4 is 11.1 Å². The van der Waals surface area contributed by atoms with Crippen molar-refractivity contribution in [2.75, 3.05) is 26.7 Å². The lowest BCUT2D eigenvalue weighted by molar-refractivity contribution is -0.185. The van der Waals surface area contributed by atoms with E-state index in [0.717, 1.165) is 12.7 Å². The van der Waals surface area contributed by atoms with Gasteiger partial charge in [-0.2, -0.15) is 13.2 Å². The van der Waals surface area contributed by atoms with Crippen LogP contribution in [0.2, 0.25) is 0 Å². The number of piperidine rings is 1. The Morgan fingerprint density at radius 2 is 1.83 bits per heavy atom. The van der Waals surface area contributed by atoms with Crippen molar-refractivity contribution < 1.29 is 33.0 Å². The normalized spacial score (nSPS) is 18.5. The van der Waals surface area contributed by atoms with Crippen LogP contribution in [0.4, 0.5) is 13.2 Å². The summed E-state index contributed by atoms with van der Waals surface area (Å²) in [5.74, 6) is -2.10. The summed E-state index contributed by atoms with van der Waals surface area (Å²) in [6, 6.07) is 7.35. The van der Waals surface area contributed by atoms with Gasteiger partial charge >= 0.3 is 6.18 Å². The molecule has 1 aliphatic heterocycles. The van der Waals surface area contributed by atoms with Crippen molar-refractivity contribution in [3.05, 3.63) is 35.9 Å². The number of aliphatic hydroxyl groups excluding tert-OH is 2. The molecule has 30 heavy (non-hydrogen) atoms. The van der Waals surface area contributed by atoms with Gasteiger partial charge in [-0.3, -0.25) is 4.79 Å². The average molecular weight is 433 g/mol. The zero-order chi connectivity index (χ0) is 22.7. The van der Waals surface area contributed by atoms with Crippen LogP contribution in [-0.2, 0) is 16.0 Å². The molecule has 2 unspecified atom stereocenters. The smallest absolute Gasteiger partial charge is 0.391 e. The Hall–Kier alpha value is -2.01. The average Bonchev–Trinajstić information content (AvgIpc) is 2.74. The number of hydrogen-bond acceptors (Lipinski definition) is 6. The fraction of sp³-hybridized carbons (Fsp3) is 0.600. The molecule has 0 radical (unpaired) electrons.